The fourth-order valence-electron chi connectivity index (χ4n) is 2.81. The summed E-state index contributed by atoms with van der Waals surface area (Å²) in [5.74, 6) is 0.669. The van der Waals surface area contributed by atoms with E-state index in [0.29, 0.717) is 28.3 Å². The van der Waals surface area contributed by atoms with Crippen molar-refractivity contribution in [3.05, 3.63) is 110 Å². The molecule has 3 aromatic carbocycles. The van der Waals surface area contributed by atoms with Crippen LogP contribution in [0.15, 0.2) is 87.5 Å². The lowest BCUT2D eigenvalue weighted by Crippen LogP contribution is -2.32. The zero-order valence-corrected chi connectivity index (χ0v) is 16.0. The standard InChI is InChI=1S/C22H16ClN3O3/c23-19-7-3-1-5-16(19)14-29-17-11-9-15(10-12-17)13-24-26-21(27)18-6-2-4-8-20(18)25-22(26)28/h1-13H,14H2,(H,25,28). The van der Waals surface area contributed by atoms with Crippen LogP contribution in [-0.2, 0) is 6.61 Å². The maximum Gasteiger partial charge on any atom is 0.349 e. The summed E-state index contributed by atoms with van der Waals surface area (Å²) in [6.07, 6.45) is 1.45. The number of H-pyrrole nitrogens is 1. The summed E-state index contributed by atoms with van der Waals surface area (Å²) in [5, 5.41) is 5.09. The summed E-state index contributed by atoms with van der Waals surface area (Å²) in [5.41, 5.74) is 1.03. The van der Waals surface area contributed by atoms with E-state index in [4.69, 9.17) is 16.3 Å². The first-order chi connectivity index (χ1) is 14.1. The Hall–Kier alpha value is -3.64. The number of nitrogens with one attached hydrogen (secondary N) is 1. The van der Waals surface area contributed by atoms with E-state index in [-0.39, 0.29) is 0 Å². The number of hydrogen-bond acceptors (Lipinski definition) is 4. The van der Waals surface area contributed by atoms with Gasteiger partial charge in [0.25, 0.3) is 5.56 Å². The monoisotopic (exact) mass is 405 g/mol. The number of hydrogen-bond donors (Lipinski definition) is 1. The van der Waals surface area contributed by atoms with Gasteiger partial charge in [-0.3, -0.25) is 4.79 Å². The van der Waals surface area contributed by atoms with Crippen molar-refractivity contribution >= 4 is 28.7 Å². The predicted molar refractivity (Wildman–Crippen MR) is 114 cm³/mol. The van der Waals surface area contributed by atoms with Gasteiger partial charge in [0.05, 0.1) is 17.1 Å². The van der Waals surface area contributed by atoms with Gasteiger partial charge in [-0.1, -0.05) is 41.9 Å². The van der Waals surface area contributed by atoms with E-state index in [1.807, 2.05) is 24.3 Å². The molecule has 1 N–H and O–H groups in total. The van der Waals surface area contributed by atoms with Gasteiger partial charge >= 0.3 is 5.69 Å². The van der Waals surface area contributed by atoms with Crippen LogP contribution in [0.1, 0.15) is 11.1 Å². The SMILES string of the molecule is O=c1[nH]c2ccccc2c(=O)n1N=Cc1ccc(OCc2ccccc2Cl)cc1. The molecule has 0 fully saturated rings. The lowest BCUT2D eigenvalue weighted by Gasteiger charge is -2.07. The normalized spacial score (nSPS) is 11.2. The van der Waals surface area contributed by atoms with Crippen LogP contribution in [-0.4, -0.2) is 15.9 Å². The highest BCUT2D eigenvalue weighted by molar-refractivity contribution is 6.31. The third kappa shape index (κ3) is 4.12. The smallest absolute Gasteiger partial charge is 0.349 e. The molecule has 0 saturated carbocycles. The first kappa shape index (κ1) is 18.7. The van der Waals surface area contributed by atoms with Gasteiger partial charge in [0, 0.05) is 10.6 Å². The molecular formula is C22H16ClN3O3. The minimum atomic E-state index is -0.593. The lowest BCUT2D eigenvalue weighted by molar-refractivity contribution is 0.306. The molecule has 0 unspecified atom stereocenters. The average Bonchev–Trinajstić information content (AvgIpc) is 2.74. The zero-order chi connectivity index (χ0) is 20.2. The highest BCUT2D eigenvalue weighted by atomic mass is 35.5. The second-order valence-corrected chi connectivity index (χ2v) is 6.69. The van der Waals surface area contributed by atoms with E-state index < -0.39 is 11.2 Å². The van der Waals surface area contributed by atoms with Crippen molar-refractivity contribution in [2.75, 3.05) is 0 Å². The zero-order valence-electron chi connectivity index (χ0n) is 15.2. The molecule has 0 radical (unpaired) electrons. The van der Waals surface area contributed by atoms with Crippen molar-refractivity contribution in [2.45, 2.75) is 6.61 Å². The Morgan fingerprint density at radius 1 is 0.966 bits per heavy atom. The molecule has 0 aliphatic heterocycles. The summed E-state index contributed by atoms with van der Waals surface area (Å²) in [6.45, 7) is 0.356. The third-order valence-corrected chi connectivity index (χ3v) is 4.71. The maximum atomic E-state index is 12.5. The van der Waals surface area contributed by atoms with E-state index in [9.17, 15) is 9.59 Å². The molecule has 0 bridgehead atoms. The quantitative estimate of drug-likeness (QED) is 0.513. The Bertz CT molecular complexity index is 1310. The number of fused-ring (bicyclic) bond motifs is 1. The Morgan fingerprint density at radius 2 is 1.69 bits per heavy atom. The topological polar surface area (TPSA) is 76.5 Å². The lowest BCUT2D eigenvalue weighted by atomic mass is 10.2. The van der Waals surface area contributed by atoms with Crippen molar-refractivity contribution in [1.29, 1.82) is 0 Å². The largest absolute Gasteiger partial charge is 0.489 e. The number of benzene rings is 3. The minimum Gasteiger partial charge on any atom is -0.489 e. The molecule has 4 rings (SSSR count). The van der Waals surface area contributed by atoms with Gasteiger partial charge < -0.3 is 9.72 Å². The number of para-hydroxylation sites is 1. The van der Waals surface area contributed by atoms with Crippen molar-refractivity contribution in [2.24, 2.45) is 5.10 Å². The van der Waals surface area contributed by atoms with Crippen LogP contribution in [0.25, 0.3) is 10.9 Å². The Balaban J connectivity index is 1.51. The molecule has 0 saturated heterocycles. The number of aromatic nitrogens is 2. The van der Waals surface area contributed by atoms with Gasteiger partial charge in [-0.2, -0.15) is 5.10 Å². The van der Waals surface area contributed by atoms with E-state index in [0.717, 1.165) is 15.8 Å². The number of ether oxygens (including phenoxy) is 1. The van der Waals surface area contributed by atoms with E-state index >= 15 is 0 Å². The van der Waals surface area contributed by atoms with Crippen LogP contribution in [0.2, 0.25) is 5.02 Å². The van der Waals surface area contributed by atoms with Crippen molar-refractivity contribution < 1.29 is 4.74 Å². The summed E-state index contributed by atoms with van der Waals surface area (Å²) >= 11 is 6.12. The fourth-order valence-corrected chi connectivity index (χ4v) is 3.00. The summed E-state index contributed by atoms with van der Waals surface area (Å²) in [6, 6.07) is 21.4. The van der Waals surface area contributed by atoms with Crippen LogP contribution >= 0.6 is 11.6 Å². The van der Waals surface area contributed by atoms with Crippen LogP contribution in [0.4, 0.5) is 0 Å². The molecule has 0 atom stereocenters. The van der Waals surface area contributed by atoms with E-state index in [1.54, 1.807) is 48.5 Å². The Labute approximate surface area is 170 Å². The highest BCUT2D eigenvalue weighted by Gasteiger charge is 2.05. The van der Waals surface area contributed by atoms with Gasteiger partial charge in [-0.15, -0.1) is 4.68 Å². The molecule has 6 nitrogen and oxygen atoms in total. The summed E-state index contributed by atoms with van der Waals surface area (Å²) in [7, 11) is 0. The van der Waals surface area contributed by atoms with Crippen molar-refractivity contribution in [1.82, 2.24) is 9.66 Å². The highest BCUT2D eigenvalue weighted by Crippen LogP contribution is 2.18. The molecule has 144 valence electrons. The molecular weight excluding hydrogens is 390 g/mol. The van der Waals surface area contributed by atoms with Gasteiger partial charge in [-0.05, 0) is 48.0 Å². The minimum absolute atomic E-state index is 0.356. The molecule has 1 aromatic heterocycles. The van der Waals surface area contributed by atoms with Crippen molar-refractivity contribution in [3.63, 3.8) is 0 Å². The van der Waals surface area contributed by atoms with Crippen LogP contribution in [0.3, 0.4) is 0 Å². The summed E-state index contributed by atoms with van der Waals surface area (Å²) in [4.78, 5) is 27.3. The molecule has 29 heavy (non-hydrogen) atoms. The first-order valence-electron chi connectivity index (χ1n) is 8.86. The van der Waals surface area contributed by atoms with E-state index in [1.165, 1.54) is 6.21 Å². The van der Waals surface area contributed by atoms with Gasteiger partial charge in [-0.25, -0.2) is 4.79 Å². The van der Waals surface area contributed by atoms with Crippen molar-refractivity contribution in [3.8, 4) is 5.75 Å². The van der Waals surface area contributed by atoms with E-state index in [2.05, 4.69) is 10.1 Å². The Kier molecular flexibility index (Phi) is 5.27. The number of nitrogens with zero attached hydrogens (tertiary/aromatic N) is 2. The second kappa shape index (κ2) is 8.16. The number of halogens is 1. The number of rotatable bonds is 5. The molecule has 0 aliphatic carbocycles. The molecule has 0 amide bonds. The van der Waals surface area contributed by atoms with Gasteiger partial charge in [0.1, 0.15) is 12.4 Å². The summed E-state index contributed by atoms with van der Waals surface area (Å²) < 4.78 is 6.55. The third-order valence-electron chi connectivity index (χ3n) is 4.34. The molecule has 0 spiro atoms. The van der Waals surface area contributed by atoms with Crippen LogP contribution in [0, 0.1) is 0 Å². The second-order valence-electron chi connectivity index (χ2n) is 6.29. The van der Waals surface area contributed by atoms with Gasteiger partial charge in [0.15, 0.2) is 0 Å². The average molecular weight is 406 g/mol. The Morgan fingerprint density at radius 3 is 2.48 bits per heavy atom. The molecule has 4 aromatic rings. The first-order valence-corrected chi connectivity index (χ1v) is 9.24. The van der Waals surface area contributed by atoms with Crippen LogP contribution in [0.5, 0.6) is 5.75 Å². The molecule has 1 heterocycles. The van der Waals surface area contributed by atoms with Gasteiger partial charge in [0.2, 0.25) is 0 Å². The number of aromatic amines is 1. The predicted octanol–water partition coefficient (Wildman–Crippen LogP) is 3.80. The van der Waals surface area contributed by atoms with Crippen LogP contribution < -0.4 is 16.0 Å². The maximum absolute atomic E-state index is 12.5. The molecule has 7 heteroatoms. The fraction of sp³-hybridized carbons (Fsp3) is 0.0455. The molecule has 0 aliphatic rings.